The first-order valence-electron chi connectivity index (χ1n) is 9.66. The van der Waals surface area contributed by atoms with Crippen LogP contribution in [-0.2, 0) is 11.3 Å². The number of rotatable bonds is 7. The molecule has 0 fully saturated rings. The van der Waals surface area contributed by atoms with Gasteiger partial charge < -0.3 is 14.8 Å². The lowest BCUT2D eigenvalue weighted by Gasteiger charge is -2.19. The highest BCUT2D eigenvalue weighted by Crippen LogP contribution is 2.32. The zero-order valence-corrected chi connectivity index (χ0v) is 17.7. The molecule has 1 amide bonds. The number of hydrogen-bond donors (Lipinski definition) is 1. The van der Waals surface area contributed by atoms with Crippen molar-refractivity contribution < 1.29 is 24.0 Å². The number of nitro groups is 1. The summed E-state index contributed by atoms with van der Waals surface area (Å²) in [7, 11) is 0. The number of fused-ring (bicyclic) bond motifs is 1. The minimum absolute atomic E-state index is 0.0313. The van der Waals surface area contributed by atoms with Gasteiger partial charge in [-0.25, -0.2) is 0 Å². The largest absolute Gasteiger partial charge is 0.454 e. The van der Waals surface area contributed by atoms with Gasteiger partial charge in [0.1, 0.15) is 0 Å². The van der Waals surface area contributed by atoms with E-state index in [0.29, 0.717) is 17.1 Å². The van der Waals surface area contributed by atoms with Gasteiger partial charge in [-0.1, -0.05) is 29.8 Å². The number of nitrogens with zero attached hydrogens (tertiary/aromatic N) is 2. The molecule has 1 atom stereocenters. The Morgan fingerprint density at radius 1 is 1.12 bits per heavy atom. The number of ketones is 1. The third-order valence-electron chi connectivity index (χ3n) is 4.92. The van der Waals surface area contributed by atoms with Crippen LogP contribution in [-0.4, -0.2) is 28.0 Å². The first-order chi connectivity index (χ1) is 15.8. The molecule has 2 heterocycles. The fraction of sp³-hybridized carbons (Fsp3) is 0.136. The Hall–Kier alpha value is -4.18. The molecule has 1 aliphatic rings. The number of amides is 1. The predicted octanol–water partition coefficient (Wildman–Crippen LogP) is 2.88. The molecule has 10 nitrogen and oxygen atoms in total. The molecule has 168 valence electrons. The van der Waals surface area contributed by atoms with Gasteiger partial charge in [-0.05, 0) is 23.8 Å². The quantitative estimate of drug-likeness (QED) is 0.244. The van der Waals surface area contributed by atoms with Crippen LogP contribution in [0.1, 0.15) is 22.0 Å². The molecule has 1 aromatic heterocycles. The van der Waals surface area contributed by atoms with Crippen molar-refractivity contribution in [3.63, 3.8) is 0 Å². The lowest BCUT2D eigenvalue weighted by molar-refractivity contribution is -0.384. The Balaban J connectivity index is 1.65. The van der Waals surface area contributed by atoms with E-state index in [2.05, 4.69) is 5.32 Å². The van der Waals surface area contributed by atoms with E-state index in [4.69, 9.17) is 21.1 Å². The summed E-state index contributed by atoms with van der Waals surface area (Å²) in [4.78, 5) is 49.3. The lowest BCUT2D eigenvalue weighted by atomic mass is 10.0. The number of non-ortho nitro benzene ring substituents is 1. The number of nitro benzene ring substituents is 1. The summed E-state index contributed by atoms with van der Waals surface area (Å²) in [6, 6.07) is 10.9. The molecule has 1 unspecified atom stereocenters. The summed E-state index contributed by atoms with van der Waals surface area (Å²) in [5, 5.41) is 13.9. The van der Waals surface area contributed by atoms with Crippen LogP contribution in [0.4, 0.5) is 5.69 Å². The lowest BCUT2D eigenvalue weighted by Crippen LogP contribution is -2.41. The second-order valence-corrected chi connectivity index (χ2v) is 7.51. The molecule has 0 radical (unpaired) electrons. The van der Waals surface area contributed by atoms with Crippen molar-refractivity contribution in [2.75, 3.05) is 6.79 Å². The van der Waals surface area contributed by atoms with Gasteiger partial charge in [-0.2, -0.15) is 0 Å². The standard InChI is InChI=1S/C22H16ClN3O7/c23-15-5-7-19(27)25(11-15)20(21(28)14-2-1-3-16(9-14)26(30)31)22(29)24-10-13-4-6-17-18(8-13)33-12-32-17/h1-9,11,20H,10,12H2,(H,24,29). The van der Waals surface area contributed by atoms with Crippen molar-refractivity contribution in [3.8, 4) is 11.5 Å². The van der Waals surface area contributed by atoms with Crippen LogP contribution in [0, 0.1) is 10.1 Å². The number of carbonyl (C=O) groups is 2. The van der Waals surface area contributed by atoms with E-state index in [1.807, 2.05) is 0 Å². The first-order valence-corrected chi connectivity index (χ1v) is 10.0. The van der Waals surface area contributed by atoms with Crippen LogP contribution in [0.25, 0.3) is 0 Å². The SMILES string of the molecule is O=C(NCc1ccc2c(c1)OCO2)C(C(=O)c1cccc([N+](=O)[O-])c1)n1cc(Cl)ccc1=O. The maximum atomic E-state index is 13.3. The summed E-state index contributed by atoms with van der Waals surface area (Å²) in [5.74, 6) is -0.480. The van der Waals surface area contributed by atoms with Crippen molar-refractivity contribution in [1.82, 2.24) is 9.88 Å². The summed E-state index contributed by atoms with van der Waals surface area (Å²) in [6.07, 6.45) is 1.17. The number of halogens is 1. The average Bonchev–Trinajstić information content (AvgIpc) is 3.28. The molecule has 33 heavy (non-hydrogen) atoms. The number of aromatic nitrogens is 1. The molecule has 4 rings (SSSR count). The number of pyridine rings is 1. The maximum absolute atomic E-state index is 13.3. The summed E-state index contributed by atoms with van der Waals surface area (Å²) >= 11 is 5.99. The molecule has 2 aromatic carbocycles. The fourth-order valence-electron chi connectivity index (χ4n) is 3.32. The number of benzene rings is 2. The number of hydrogen-bond acceptors (Lipinski definition) is 7. The Labute approximate surface area is 191 Å². The summed E-state index contributed by atoms with van der Waals surface area (Å²) in [6.45, 7) is 0.131. The van der Waals surface area contributed by atoms with Gasteiger partial charge in [0.2, 0.25) is 6.79 Å². The van der Waals surface area contributed by atoms with E-state index >= 15 is 0 Å². The molecule has 0 saturated carbocycles. The third-order valence-corrected chi connectivity index (χ3v) is 5.15. The Kier molecular flexibility index (Phi) is 6.09. The third kappa shape index (κ3) is 4.70. The molecule has 0 spiro atoms. The highest BCUT2D eigenvalue weighted by molar-refractivity contribution is 6.30. The molecule has 3 aromatic rings. The zero-order chi connectivity index (χ0) is 23.5. The van der Waals surface area contributed by atoms with Gasteiger partial charge in [-0.15, -0.1) is 0 Å². The Morgan fingerprint density at radius 3 is 2.70 bits per heavy atom. The molecular weight excluding hydrogens is 454 g/mol. The van der Waals surface area contributed by atoms with Crippen molar-refractivity contribution in [2.45, 2.75) is 12.6 Å². The van der Waals surface area contributed by atoms with Crippen molar-refractivity contribution in [1.29, 1.82) is 0 Å². The van der Waals surface area contributed by atoms with Gasteiger partial charge in [0, 0.05) is 36.5 Å². The van der Waals surface area contributed by atoms with E-state index in [9.17, 15) is 24.5 Å². The van der Waals surface area contributed by atoms with Gasteiger partial charge in [-0.3, -0.25) is 29.1 Å². The minimum Gasteiger partial charge on any atom is -0.454 e. The number of ether oxygens (including phenoxy) is 2. The van der Waals surface area contributed by atoms with Crippen LogP contribution >= 0.6 is 11.6 Å². The van der Waals surface area contributed by atoms with Gasteiger partial charge >= 0.3 is 0 Å². The second-order valence-electron chi connectivity index (χ2n) is 7.07. The Morgan fingerprint density at radius 2 is 1.91 bits per heavy atom. The predicted molar refractivity (Wildman–Crippen MR) is 117 cm³/mol. The van der Waals surface area contributed by atoms with Crippen molar-refractivity contribution >= 4 is 29.0 Å². The van der Waals surface area contributed by atoms with Crippen LogP contribution in [0.5, 0.6) is 11.5 Å². The minimum atomic E-state index is -1.63. The number of nitrogens with one attached hydrogen (secondary N) is 1. The van der Waals surface area contributed by atoms with Gasteiger partial charge in [0.05, 0.1) is 9.95 Å². The number of Topliss-reactive ketones (excluding diaryl/α,β-unsaturated/α-hetero) is 1. The van der Waals surface area contributed by atoms with Gasteiger partial charge in [0.15, 0.2) is 23.3 Å². The van der Waals surface area contributed by atoms with Crippen molar-refractivity contribution in [2.24, 2.45) is 0 Å². The smallest absolute Gasteiger partial charge is 0.270 e. The van der Waals surface area contributed by atoms with E-state index in [1.165, 1.54) is 30.5 Å². The zero-order valence-electron chi connectivity index (χ0n) is 16.9. The fourth-order valence-corrected chi connectivity index (χ4v) is 3.49. The molecule has 11 heteroatoms. The molecule has 1 N–H and O–H groups in total. The molecule has 0 aliphatic carbocycles. The molecular formula is C22H16ClN3O7. The maximum Gasteiger partial charge on any atom is 0.270 e. The number of carbonyl (C=O) groups excluding carboxylic acids is 2. The first kappa shape index (κ1) is 22.0. The monoisotopic (exact) mass is 469 g/mol. The second kappa shape index (κ2) is 9.13. The van der Waals surface area contributed by atoms with E-state index in [0.717, 1.165) is 16.7 Å². The highest BCUT2D eigenvalue weighted by Gasteiger charge is 2.31. The van der Waals surface area contributed by atoms with Crippen molar-refractivity contribution in [3.05, 3.63) is 97.4 Å². The molecule has 0 saturated heterocycles. The van der Waals surface area contributed by atoms with Crippen LogP contribution in [0.15, 0.2) is 65.6 Å². The summed E-state index contributed by atoms with van der Waals surface area (Å²) < 4.78 is 11.5. The van der Waals surface area contributed by atoms with Gasteiger partial charge in [0.25, 0.3) is 17.2 Å². The highest BCUT2D eigenvalue weighted by atomic mass is 35.5. The van der Waals surface area contributed by atoms with Crippen LogP contribution < -0.4 is 20.3 Å². The molecule has 1 aliphatic heterocycles. The van der Waals surface area contributed by atoms with Crippen LogP contribution in [0.2, 0.25) is 5.02 Å². The molecule has 0 bridgehead atoms. The normalized spacial score (nSPS) is 12.8. The van der Waals surface area contributed by atoms with Crippen LogP contribution in [0.3, 0.4) is 0 Å². The Bertz CT molecular complexity index is 1320. The van der Waals surface area contributed by atoms with E-state index in [-0.39, 0.29) is 29.6 Å². The average molecular weight is 470 g/mol. The van der Waals surface area contributed by atoms with E-state index < -0.39 is 28.2 Å². The van der Waals surface area contributed by atoms with E-state index in [1.54, 1.807) is 18.2 Å². The topological polar surface area (TPSA) is 130 Å². The summed E-state index contributed by atoms with van der Waals surface area (Å²) in [5.41, 5.74) is -0.382.